The van der Waals surface area contributed by atoms with Gasteiger partial charge < -0.3 is 15.8 Å². The monoisotopic (exact) mass is 322 g/mol. The van der Waals surface area contributed by atoms with Crippen LogP contribution in [0.4, 0.5) is 4.39 Å². The molecule has 0 bridgehead atoms. The Morgan fingerprint density at radius 3 is 2.52 bits per heavy atom. The molecular weight excluding hydrogens is 295 g/mol. The van der Waals surface area contributed by atoms with E-state index < -0.39 is 12.1 Å². The summed E-state index contributed by atoms with van der Waals surface area (Å²) in [5.41, 5.74) is 8.27. The molecule has 0 fully saturated rings. The van der Waals surface area contributed by atoms with Crippen molar-refractivity contribution in [3.8, 4) is 0 Å². The first-order chi connectivity index (χ1) is 10.8. The molecule has 1 aliphatic carbocycles. The second-order valence-corrected chi connectivity index (χ2v) is 5.84. The molecule has 0 saturated heterocycles. The molecule has 0 amide bonds. The van der Waals surface area contributed by atoms with Gasteiger partial charge >= 0.3 is 0 Å². The van der Waals surface area contributed by atoms with E-state index in [2.05, 4.69) is 15.3 Å². The van der Waals surface area contributed by atoms with Crippen LogP contribution in [-0.4, -0.2) is 36.7 Å². The van der Waals surface area contributed by atoms with Crippen molar-refractivity contribution in [3.63, 3.8) is 0 Å². The van der Waals surface area contributed by atoms with Crippen molar-refractivity contribution in [1.82, 2.24) is 5.32 Å². The summed E-state index contributed by atoms with van der Waals surface area (Å²) in [4.78, 5) is 8.56. The largest absolute Gasteiger partial charge is 0.384 e. The standard InChI is InChI=1S/C17H27FN4O/c1-10(2)21-15(12(5)20-6)17(19)22-14-9-7-8-13(18)16(14)23-11(3)4/h7-9,11,14,16,22H,19H2,1-6H3/b17-15-,20-12-. The zero-order valence-electron chi connectivity index (χ0n) is 14.7. The first-order valence-corrected chi connectivity index (χ1v) is 7.67. The van der Waals surface area contributed by atoms with E-state index in [1.165, 1.54) is 6.08 Å². The van der Waals surface area contributed by atoms with Crippen molar-refractivity contribution in [2.45, 2.75) is 52.9 Å². The Bertz CT molecular complexity index is 569. The maximum atomic E-state index is 14.1. The Kier molecular flexibility index (Phi) is 7.16. The maximum Gasteiger partial charge on any atom is 0.133 e. The average molecular weight is 322 g/mol. The summed E-state index contributed by atoms with van der Waals surface area (Å²) in [6, 6.07) is -0.408. The van der Waals surface area contributed by atoms with Gasteiger partial charge in [0, 0.05) is 12.8 Å². The van der Waals surface area contributed by atoms with Crippen LogP contribution in [0.15, 0.2) is 45.6 Å². The van der Waals surface area contributed by atoms with Crippen molar-refractivity contribution in [1.29, 1.82) is 0 Å². The molecule has 23 heavy (non-hydrogen) atoms. The fourth-order valence-corrected chi connectivity index (χ4v) is 2.11. The summed E-state index contributed by atoms with van der Waals surface area (Å²) in [5, 5.41) is 3.10. The lowest BCUT2D eigenvalue weighted by molar-refractivity contribution is 0.00515. The van der Waals surface area contributed by atoms with Crippen LogP contribution in [-0.2, 0) is 4.74 Å². The van der Waals surface area contributed by atoms with E-state index in [0.29, 0.717) is 17.2 Å². The molecule has 3 N–H and O–H groups in total. The molecule has 0 aliphatic heterocycles. The Morgan fingerprint density at radius 1 is 1.35 bits per heavy atom. The van der Waals surface area contributed by atoms with Crippen molar-refractivity contribution in [3.05, 3.63) is 35.6 Å². The summed E-state index contributed by atoms with van der Waals surface area (Å²) in [6.45, 7) is 9.32. The topological polar surface area (TPSA) is 72.0 Å². The minimum atomic E-state index is -0.717. The third-order valence-electron chi connectivity index (χ3n) is 3.18. The molecule has 0 radical (unpaired) electrons. The Balaban J connectivity index is 3.10. The first-order valence-electron chi connectivity index (χ1n) is 7.67. The predicted molar refractivity (Wildman–Crippen MR) is 94.3 cm³/mol. The highest BCUT2D eigenvalue weighted by Crippen LogP contribution is 2.21. The second-order valence-electron chi connectivity index (χ2n) is 5.84. The highest BCUT2D eigenvalue weighted by Gasteiger charge is 2.28. The molecule has 0 heterocycles. The summed E-state index contributed by atoms with van der Waals surface area (Å²) in [6.07, 6.45) is 4.05. The van der Waals surface area contributed by atoms with Gasteiger partial charge in [-0.1, -0.05) is 12.2 Å². The van der Waals surface area contributed by atoms with Crippen LogP contribution in [0, 0.1) is 0 Å². The minimum Gasteiger partial charge on any atom is -0.384 e. The van der Waals surface area contributed by atoms with Crippen molar-refractivity contribution < 1.29 is 9.13 Å². The van der Waals surface area contributed by atoms with Crippen LogP contribution in [0.1, 0.15) is 34.6 Å². The van der Waals surface area contributed by atoms with Crippen LogP contribution in [0.2, 0.25) is 0 Å². The number of ether oxygens (including phenoxy) is 1. The molecule has 0 aromatic rings. The molecule has 1 rings (SSSR count). The molecule has 0 aromatic carbocycles. The zero-order valence-corrected chi connectivity index (χ0v) is 14.7. The number of rotatable bonds is 6. The van der Waals surface area contributed by atoms with Gasteiger partial charge in [0.1, 0.15) is 23.4 Å². The van der Waals surface area contributed by atoms with Crippen LogP contribution in [0.25, 0.3) is 0 Å². The molecule has 0 spiro atoms. The third-order valence-corrected chi connectivity index (χ3v) is 3.18. The van der Waals surface area contributed by atoms with Crippen LogP contribution in [0.3, 0.4) is 0 Å². The SMILES string of the molecule is C/N=C(C)\C(N=C(C)C)=C(/N)NC1C=CC=C(F)C1OC(C)C. The number of nitrogens with zero attached hydrogens (tertiary/aromatic N) is 2. The number of hydrogen-bond donors (Lipinski definition) is 2. The molecule has 0 aromatic heterocycles. The van der Waals surface area contributed by atoms with Crippen LogP contribution >= 0.6 is 0 Å². The number of allylic oxidation sites excluding steroid dienone is 3. The Labute approximate surface area is 137 Å². The average Bonchev–Trinajstić information content (AvgIpc) is 2.47. The zero-order chi connectivity index (χ0) is 17.6. The number of nitrogens with two attached hydrogens (primary N) is 1. The maximum absolute atomic E-state index is 14.1. The Hall–Kier alpha value is -1.95. The lowest BCUT2D eigenvalue weighted by atomic mass is 10.0. The molecule has 1 aliphatic rings. The van der Waals surface area contributed by atoms with E-state index in [0.717, 1.165) is 5.71 Å². The first kappa shape index (κ1) is 19.1. The van der Waals surface area contributed by atoms with E-state index in [-0.39, 0.29) is 11.9 Å². The van der Waals surface area contributed by atoms with E-state index in [1.54, 1.807) is 13.1 Å². The van der Waals surface area contributed by atoms with Gasteiger partial charge in [-0.2, -0.15) is 0 Å². The molecular formula is C17H27FN4O. The molecule has 2 unspecified atom stereocenters. The van der Waals surface area contributed by atoms with Gasteiger partial charge in [0.15, 0.2) is 0 Å². The van der Waals surface area contributed by atoms with Gasteiger partial charge in [-0.25, -0.2) is 4.39 Å². The van der Waals surface area contributed by atoms with E-state index in [9.17, 15) is 4.39 Å². The van der Waals surface area contributed by atoms with E-state index in [4.69, 9.17) is 10.5 Å². The van der Waals surface area contributed by atoms with Crippen LogP contribution < -0.4 is 11.1 Å². The van der Waals surface area contributed by atoms with E-state index >= 15 is 0 Å². The quantitative estimate of drug-likeness (QED) is 0.739. The Morgan fingerprint density at radius 2 is 2.00 bits per heavy atom. The van der Waals surface area contributed by atoms with Crippen molar-refractivity contribution in [2.75, 3.05) is 7.05 Å². The molecule has 128 valence electrons. The van der Waals surface area contributed by atoms with Gasteiger partial charge in [-0.05, 0) is 40.7 Å². The highest BCUT2D eigenvalue weighted by molar-refractivity contribution is 6.00. The van der Waals surface area contributed by atoms with Gasteiger partial charge in [0.25, 0.3) is 0 Å². The highest BCUT2D eigenvalue weighted by atomic mass is 19.1. The summed E-state index contributed by atoms with van der Waals surface area (Å²) >= 11 is 0. The minimum absolute atomic E-state index is 0.102. The normalized spacial score (nSPS) is 22.6. The van der Waals surface area contributed by atoms with Gasteiger partial charge in [-0.3, -0.25) is 9.98 Å². The fraction of sp³-hybridized carbons (Fsp3) is 0.529. The van der Waals surface area contributed by atoms with Crippen molar-refractivity contribution >= 4 is 11.4 Å². The smallest absolute Gasteiger partial charge is 0.133 e. The third kappa shape index (κ3) is 5.63. The number of halogens is 1. The van der Waals surface area contributed by atoms with E-state index in [1.807, 2.05) is 40.7 Å². The fourth-order valence-electron chi connectivity index (χ4n) is 2.11. The number of nitrogens with one attached hydrogen (secondary N) is 1. The van der Waals surface area contributed by atoms with Crippen LogP contribution in [0.5, 0.6) is 0 Å². The predicted octanol–water partition coefficient (Wildman–Crippen LogP) is 2.86. The number of hydrogen-bond acceptors (Lipinski definition) is 5. The van der Waals surface area contributed by atoms with Gasteiger partial charge in [-0.15, -0.1) is 0 Å². The number of aliphatic imine (C=N–C) groups is 2. The van der Waals surface area contributed by atoms with Crippen molar-refractivity contribution in [2.24, 2.45) is 15.7 Å². The lowest BCUT2D eigenvalue weighted by Gasteiger charge is -2.29. The summed E-state index contributed by atoms with van der Waals surface area (Å²) in [7, 11) is 1.68. The lowest BCUT2D eigenvalue weighted by Crippen LogP contribution is -2.44. The summed E-state index contributed by atoms with van der Waals surface area (Å²) < 4.78 is 19.7. The summed E-state index contributed by atoms with van der Waals surface area (Å²) in [5.74, 6) is 0.0140. The van der Waals surface area contributed by atoms with Gasteiger partial charge in [0.05, 0.1) is 17.9 Å². The molecule has 6 heteroatoms. The molecule has 2 atom stereocenters. The van der Waals surface area contributed by atoms with Gasteiger partial charge in [0.2, 0.25) is 0 Å². The molecule has 5 nitrogen and oxygen atoms in total. The second kappa shape index (κ2) is 8.62. The molecule has 0 saturated carbocycles.